The molecule has 0 saturated carbocycles. The first kappa shape index (κ1) is 15.6. The molecule has 120 valence electrons. The maximum Gasteiger partial charge on any atom is 0.218 e. The number of ether oxygens (including phenoxy) is 1. The Morgan fingerprint density at radius 1 is 1.22 bits per heavy atom. The highest BCUT2D eigenvalue weighted by atomic mass is 19.1. The number of rotatable bonds is 2. The van der Waals surface area contributed by atoms with Gasteiger partial charge in [-0.1, -0.05) is 0 Å². The van der Waals surface area contributed by atoms with Crippen molar-refractivity contribution in [3.05, 3.63) is 47.2 Å². The van der Waals surface area contributed by atoms with E-state index in [1.165, 1.54) is 19.1 Å². The standard InChI is InChI=1S/C18H17F2NO2/c1-10(22)16-9-14(12-5-4-11(19)8-15(12)20)13-6-7-18(2,3)23-17(13)21-16/h4-5,8-9H,6-7H2,1-3H3. The van der Waals surface area contributed by atoms with Crippen LogP contribution in [-0.2, 0) is 6.42 Å². The van der Waals surface area contributed by atoms with Crippen LogP contribution in [0.1, 0.15) is 43.2 Å². The van der Waals surface area contributed by atoms with E-state index in [9.17, 15) is 13.6 Å². The minimum Gasteiger partial charge on any atom is -0.471 e. The molecule has 1 aliphatic heterocycles. The first-order valence-corrected chi connectivity index (χ1v) is 7.46. The van der Waals surface area contributed by atoms with Crippen LogP contribution in [0.5, 0.6) is 5.88 Å². The zero-order chi connectivity index (χ0) is 16.8. The summed E-state index contributed by atoms with van der Waals surface area (Å²) >= 11 is 0. The summed E-state index contributed by atoms with van der Waals surface area (Å²) in [5, 5.41) is 0. The molecular formula is C18H17F2NO2. The molecule has 2 aromatic rings. The lowest BCUT2D eigenvalue weighted by molar-refractivity contribution is 0.0775. The van der Waals surface area contributed by atoms with Crippen molar-refractivity contribution in [2.45, 2.75) is 39.2 Å². The Kier molecular flexibility index (Phi) is 3.66. The number of fused-ring (bicyclic) bond motifs is 1. The van der Waals surface area contributed by atoms with Gasteiger partial charge in [0.25, 0.3) is 0 Å². The zero-order valence-corrected chi connectivity index (χ0v) is 13.2. The smallest absolute Gasteiger partial charge is 0.218 e. The molecule has 5 heteroatoms. The number of carbonyl (C=O) groups excluding carboxylic acids is 1. The van der Waals surface area contributed by atoms with Gasteiger partial charge in [-0.25, -0.2) is 13.8 Å². The second-order valence-corrected chi connectivity index (χ2v) is 6.38. The van der Waals surface area contributed by atoms with Gasteiger partial charge in [-0.05, 0) is 50.5 Å². The van der Waals surface area contributed by atoms with Crippen LogP contribution in [0.3, 0.4) is 0 Å². The lowest BCUT2D eigenvalue weighted by Crippen LogP contribution is -2.33. The van der Waals surface area contributed by atoms with Crippen molar-refractivity contribution < 1.29 is 18.3 Å². The van der Waals surface area contributed by atoms with Gasteiger partial charge < -0.3 is 4.74 Å². The van der Waals surface area contributed by atoms with Gasteiger partial charge in [0.2, 0.25) is 5.88 Å². The molecule has 1 aromatic heterocycles. The molecule has 23 heavy (non-hydrogen) atoms. The minimum atomic E-state index is -0.669. The van der Waals surface area contributed by atoms with Crippen LogP contribution in [-0.4, -0.2) is 16.4 Å². The second-order valence-electron chi connectivity index (χ2n) is 6.38. The fraction of sp³-hybridized carbons (Fsp3) is 0.333. The SMILES string of the molecule is CC(=O)c1cc(-c2ccc(F)cc2F)c2c(n1)OC(C)(C)CC2. The van der Waals surface area contributed by atoms with Gasteiger partial charge >= 0.3 is 0 Å². The summed E-state index contributed by atoms with van der Waals surface area (Å²) in [6, 6.07) is 4.97. The van der Waals surface area contributed by atoms with Crippen LogP contribution in [0.25, 0.3) is 11.1 Å². The molecule has 3 nitrogen and oxygen atoms in total. The van der Waals surface area contributed by atoms with Crippen molar-refractivity contribution in [3.8, 4) is 17.0 Å². The number of aromatic nitrogens is 1. The van der Waals surface area contributed by atoms with Crippen molar-refractivity contribution >= 4 is 5.78 Å². The summed E-state index contributed by atoms with van der Waals surface area (Å²) in [5.41, 5.74) is 1.35. The summed E-state index contributed by atoms with van der Waals surface area (Å²) < 4.78 is 33.3. The quantitative estimate of drug-likeness (QED) is 0.774. The molecule has 0 amide bonds. The van der Waals surface area contributed by atoms with Gasteiger partial charge in [-0.3, -0.25) is 4.79 Å². The molecule has 0 aliphatic carbocycles. The van der Waals surface area contributed by atoms with Crippen LogP contribution in [0.4, 0.5) is 8.78 Å². The van der Waals surface area contributed by atoms with E-state index in [-0.39, 0.29) is 17.0 Å². The molecule has 3 rings (SSSR count). The van der Waals surface area contributed by atoms with Gasteiger partial charge in [0.15, 0.2) is 5.78 Å². The summed E-state index contributed by atoms with van der Waals surface area (Å²) in [5.74, 6) is -1.19. The van der Waals surface area contributed by atoms with E-state index in [2.05, 4.69) is 4.98 Å². The number of carbonyl (C=O) groups is 1. The summed E-state index contributed by atoms with van der Waals surface area (Å²) in [6.07, 6.45) is 1.40. The highest BCUT2D eigenvalue weighted by molar-refractivity contribution is 5.94. The number of ketones is 1. The first-order chi connectivity index (χ1) is 10.8. The second kappa shape index (κ2) is 5.41. The van der Waals surface area contributed by atoms with Gasteiger partial charge in [-0.2, -0.15) is 0 Å². The van der Waals surface area contributed by atoms with Crippen LogP contribution in [0, 0.1) is 11.6 Å². The molecule has 0 unspecified atom stereocenters. The average molecular weight is 317 g/mol. The monoisotopic (exact) mass is 317 g/mol. The predicted octanol–water partition coefficient (Wildman–Crippen LogP) is 4.33. The summed E-state index contributed by atoms with van der Waals surface area (Å²) in [6.45, 7) is 5.28. The van der Waals surface area contributed by atoms with E-state index in [1.54, 1.807) is 6.07 Å². The molecule has 0 fully saturated rings. The third-order valence-corrected chi connectivity index (χ3v) is 4.02. The van der Waals surface area contributed by atoms with Crippen molar-refractivity contribution in [1.82, 2.24) is 4.98 Å². The summed E-state index contributed by atoms with van der Waals surface area (Å²) in [4.78, 5) is 16.0. The lowest BCUT2D eigenvalue weighted by Gasteiger charge is -2.33. The number of nitrogens with zero attached hydrogens (tertiary/aromatic N) is 1. The number of pyridine rings is 1. The highest BCUT2D eigenvalue weighted by Crippen LogP contribution is 2.39. The van der Waals surface area contributed by atoms with Crippen molar-refractivity contribution in [2.24, 2.45) is 0 Å². The molecule has 2 heterocycles. The Hall–Kier alpha value is -2.30. The van der Waals surface area contributed by atoms with Crippen molar-refractivity contribution in [1.29, 1.82) is 0 Å². The molecule has 0 spiro atoms. The molecule has 0 radical (unpaired) electrons. The number of benzene rings is 1. The fourth-order valence-corrected chi connectivity index (χ4v) is 2.74. The van der Waals surface area contributed by atoms with Gasteiger partial charge in [-0.15, -0.1) is 0 Å². The number of Topliss-reactive ketones (excluding diaryl/α,β-unsaturated/α-hetero) is 1. The van der Waals surface area contributed by atoms with E-state index in [0.717, 1.165) is 18.1 Å². The fourth-order valence-electron chi connectivity index (χ4n) is 2.74. The van der Waals surface area contributed by atoms with Gasteiger partial charge in [0.05, 0.1) is 0 Å². The number of hydrogen-bond donors (Lipinski definition) is 0. The lowest BCUT2D eigenvalue weighted by atomic mass is 9.90. The van der Waals surface area contributed by atoms with Crippen LogP contribution < -0.4 is 4.74 Å². The third kappa shape index (κ3) is 2.96. The molecule has 1 aromatic carbocycles. The van der Waals surface area contributed by atoms with Gasteiger partial charge in [0, 0.05) is 24.1 Å². The minimum absolute atomic E-state index is 0.208. The highest BCUT2D eigenvalue weighted by Gasteiger charge is 2.31. The molecule has 1 aliphatic rings. The van der Waals surface area contributed by atoms with E-state index in [0.29, 0.717) is 17.9 Å². The van der Waals surface area contributed by atoms with E-state index in [1.807, 2.05) is 13.8 Å². The third-order valence-electron chi connectivity index (χ3n) is 4.02. The number of halogens is 2. The normalized spacial score (nSPS) is 15.7. The van der Waals surface area contributed by atoms with Crippen LogP contribution in [0.2, 0.25) is 0 Å². The van der Waals surface area contributed by atoms with Crippen molar-refractivity contribution in [3.63, 3.8) is 0 Å². The van der Waals surface area contributed by atoms with E-state index in [4.69, 9.17) is 4.74 Å². The predicted molar refractivity (Wildman–Crippen MR) is 82.6 cm³/mol. The summed E-state index contributed by atoms with van der Waals surface area (Å²) in [7, 11) is 0. The molecule has 0 atom stereocenters. The molecule has 0 bridgehead atoms. The van der Waals surface area contributed by atoms with E-state index < -0.39 is 17.2 Å². The maximum atomic E-state index is 14.2. The van der Waals surface area contributed by atoms with Gasteiger partial charge in [0.1, 0.15) is 22.9 Å². The molecular weight excluding hydrogens is 300 g/mol. The Balaban J connectivity index is 2.23. The molecule has 0 saturated heterocycles. The largest absolute Gasteiger partial charge is 0.471 e. The molecule has 0 N–H and O–H groups in total. The number of hydrogen-bond acceptors (Lipinski definition) is 3. The van der Waals surface area contributed by atoms with Crippen molar-refractivity contribution in [2.75, 3.05) is 0 Å². The first-order valence-electron chi connectivity index (χ1n) is 7.46. The zero-order valence-electron chi connectivity index (χ0n) is 13.2. The Morgan fingerprint density at radius 2 is 1.96 bits per heavy atom. The Labute approximate surface area is 133 Å². The topological polar surface area (TPSA) is 39.2 Å². The van der Waals surface area contributed by atoms with Crippen LogP contribution in [0.15, 0.2) is 24.3 Å². The van der Waals surface area contributed by atoms with Crippen LogP contribution >= 0.6 is 0 Å². The Morgan fingerprint density at radius 3 is 2.61 bits per heavy atom. The maximum absolute atomic E-state index is 14.2. The average Bonchev–Trinajstić information content (AvgIpc) is 2.44. The Bertz CT molecular complexity index is 800. The van der Waals surface area contributed by atoms with E-state index >= 15 is 0 Å².